The van der Waals surface area contributed by atoms with Gasteiger partial charge >= 0.3 is 17.9 Å². The minimum atomic E-state index is -0.805. The molecule has 73 heavy (non-hydrogen) atoms. The molecule has 0 amide bonds. The molecule has 6 nitrogen and oxygen atoms in total. The molecule has 0 saturated heterocycles. The first-order chi connectivity index (χ1) is 36.0. The Labute approximate surface area is 450 Å². The third kappa shape index (κ3) is 58.8. The third-order valence-corrected chi connectivity index (χ3v) is 12.8. The van der Waals surface area contributed by atoms with Crippen molar-refractivity contribution in [2.75, 3.05) is 13.2 Å². The lowest BCUT2D eigenvalue weighted by Gasteiger charge is -2.18. The average molecular weight is 1010 g/mol. The second-order valence-corrected chi connectivity index (χ2v) is 19.9. The van der Waals surface area contributed by atoms with Gasteiger partial charge in [-0.15, -0.1) is 0 Å². The van der Waals surface area contributed by atoms with Crippen LogP contribution in [0.3, 0.4) is 0 Å². The molecule has 0 saturated carbocycles. The minimum Gasteiger partial charge on any atom is -0.462 e. The van der Waals surface area contributed by atoms with Gasteiger partial charge in [-0.1, -0.05) is 265 Å². The molecule has 0 rings (SSSR count). The fourth-order valence-corrected chi connectivity index (χ4v) is 8.28. The van der Waals surface area contributed by atoms with E-state index in [2.05, 4.69) is 130 Å². The second kappa shape index (κ2) is 60.6. The maximum absolute atomic E-state index is 12.9. The molecule has 1 atom stereocenters. The van der Waals surface area contributed by atoms with Gasteiger partial charge in [-0.25, -0.2) is 0 Å². The quantitative estimate of drug-likeness (QED) is 0.0261. The topological polar surface area (TPSA) is 78.9 Å². The van der Waals surface area contributed by atoms with E-state index >= 15 is 0 Å². The Kier molecular flexibility index (Phi) is 57.4. The summed E-state index contributed by atoms with van der Waals surface area (Å²) >= 11 is 0. The molecule has 6 heteroatoms. The van der Waals surface area contributed by atoms with Crippen molar-refractivity contribution in [3.63, 3.8) is 0 Å². The van der Waals surface area contributed by atoms with Gasteiger partial charge in [0.15, 0.2) is 6.10 Å². The number of rotatable bonds is 54. The van der Waals surface area contributed by atoms with Gasteiger partial charge in [0.05, 0.1) is 0 Å². The predicted octanol–water partition coefficient (Wildman–Crippen LogP) is 20.7. The summed E-state index contributed by atoms with van der Waals surface area (Å²) in [6.07, 6.45) is 82.3. The number of unbranched alkanes of at least 4 members (excludes halogenated alkanes) is 25. The van der Waals surface area contributed by atoms with Crippen molar-refractivity contribution in [2.45, 2.75) is 284 Å². The zero-order valence-corrected chi connectivity index (χ0v) is 47.6. The van der Waals surface area contributed by atoms with Crippen molar-refractivity contribution in [1.82, 2.24) is 0 Å². The molecule has 0 N–H and O–H groups in total. The van der Waals surface area contributed by atoms with Crippen molar-refractivity contribution in [1.29, 1.82) is 0 Å². The smallest absolute Gasteiger partial charge is 0.306 e. The van der Waals surface area contributed by atoms with Gasteiger partial charge in [0.1, 0.15) is 13.2 Å². The Morgan fingerprint density at radius 1 is 0.288 bits per heavy atom. The van der Waals surface area contributed by atoms with Crippen LogP contribution >= 0.6 is 0 Å². The van der Waals surface area contributed by atoms with Crippen molar-refractivity contribution in [3.05, 3.63) is 109 Å². The third-order valence-electron chi connectivity index (χ3n) is 12.8. The van der Waals surface area contributed by atoms with Gasteiger partial charge in [0.25, 0.3) is 0 Å². The van der Waals surface area contributed by atoms with E-state index in [1.807, 2.05) is 0 Å². The SMILES string of the molecule is CC/C=C\C/C=C\C/C=C\C/C=C\C/C=C\CCCCCCCC(=O)OCC(COC(=O)CCCC/C=C\C/C=C\C/C=C\C/C=C\CC)OC(=O)CCCCCCCCCCCCCCCCCCCCC. The largest absolute Gasteiger partial charge is 0.462 e. The lowest BCUT2D eigenvalue weighted by atomic mass is 10.0. The molecule has 0 aliphatic carbocycles. The summed E-state index contributed by atoms with van der Waals surface area (Å²) in [6.45, 7) is 6.38. The zero-order chi connectivity index (χ0) is 52.9. The van der Waals surface area contributed by atoms with Crippen molar-refractivity contribution < 1.29 is 28.6 Å². The van der Waals surface area contributed by atoms with Gasteiger partial charge in [-0.05, 0) is 103 Å². The lowest BCUT2D eigenvalue weighted by molar-refractivity contribution is -0.167. The van der Waals surface area contributed by atoms with Crippen LogP contribution < -0.4 is 0 Å². The van der Waals surface area contributed by atoms with Crippen LogP contribution in [0, 0.1) is 0 Å². The molecule has 0 spiro atoms. The molecule has 0 aromatic rings. The summed E-state index contributed by atoms with van der Waals surface area (Å²) in [6, 6.07) is 0. The van der Waals surface area contributed by atoms with E-state index in [1.54, 1.807) is 0 Å². The first-order valence-electron chi connectivity index (χ1n) is 30.4. The molecule has 0 bridgehead atoms. The number of hydrogen-bond donors (Lipinski definition) is 0. The van der Waals surface area contributed by atoms with Crippen LogP contribution in [0.2, 0.25) is 0 Å². The lowest BCUT2D eigenvalue weighted by Crippen LogP contribution is -2.30. The van der Waals surface area contributed by atoms with Crippen LogP contribution in [-0.2, 0) is 28.6 Å². The summed E-state index contributed by atoms with van der Waals surface area (Å²) in [7, 11) is 0. The maximum atomic E-state index is 12.9. The fourth-order valence-electron chi connectivity index (χ4n) is 8.28. The van der Waals surface area contributed by atoms with Gasteiger partial charge < -0.3 is 14.2 Å². The molecule has 0 aliphatic rings. The highest BCUT2D eigenvalue weighted by Crippen LogP contribution is 2.16. The van der Waals surface area contributed by atoms with Crippen molar-refractivity contribution >= 4 is 17.9 Å². The van der Waals surface area contributed by atoms with Gasteiger partial charge in [0.2, 0.25) is 0 Å². The average Bonchev–Trinajstić information content (AvgIpc) is 3.39. The molecule has 1 unspecified atom stereocenters. The first-order valence-corrected chi connectivity index (χ1v) is 30.4. The maximum Gasteiger partial charge on any atom is 0.306 e. The van der Waals surface area contributed by atoms with E-state index in [4.69, 9.17) is 14.2 Å². The molecule has 0 aromatic heterocycles. The van der Waals surface area contributed by atoms with Gasteiger partial charge in [-0.2, -0.15) is 0 Å². The molecular formula is C67H112O6. The van der Waals surface area contributed by atoms with E-state index in [-0.39, 0.29) is 31.1 Å². The number of esters is 3. The Balaban J connectivity index is 4.45. The standard InChI is InChI=1S/C67H112O6/c1-4-7-10-13-16-19-22-25-28-30-32-33-35-36-39-42-45-48-51-54-57-60-66(69)72-63-64(62-71-65(68)59-56-53-50-47-44-41-38-27-24-21-18-15-12-9-6-3)73-67(70)61-58-55-52-49-46-43-40-37-34-31-29-26-23-20-17-14-11-8-5-2/h7,9-10,12,16,18-19,21,25,27-28,32-33,36,38-39,44,47,64H,4-6,8,11,13-15,17,20,22-24,26,29-31,34-35,37,40-43,45-46,48-63H2,1-3H3/b10-7-,12-9-,19-16-,21-18-,28-25-,33-32-,38-27-,39-36-,47-44-. The Morgan fingerprint density at radius 2 is 0.534 bits per heavy atom. The first kappa shape index (κ1) is 69.1. The zero-order valence-electron chi connectivity index (χ0n) is 47.6. The number of carbonyl (C=O) groups is 3. The Hall–Kier alpha value is -3.93. The van der Waals surface area contributed by atoms with Gasteiger partial charge in [-0.3, -0.25) is 14.4 Å². The number of carbonyl (C=O) groups excluding carboxylic acids is 3. The van der Waals surface area contributed by atoms with E-state index in [9.17, 15) is 14.4 Å². The van der Waals surface area contributed by atoms with Crippen LogP contribution in [0.5, 0.6) is 0 Å². The Morgan fingerprint density at radius 3 is 0.863 bits per heavy atom. The number of ether oxygens (including phenoxy) is 3. The minimum absolute atomic E-state index is 0.101. The highest BCUT2D eigenvalue weighted by molar-refractivity contribution is 5.71. The summed E-state index contributed by atoms with van der Waals surface area (Å²) in [5.41, 5.74) is 0. The summed E-state index contributed by atoms with van der Waals surface area (Å²) in [5, 5.41) is 0. The molecule has 416 valence electrons. The normalized spacial score (nSPS) is 12.9. The van der Waals surface area contributed by atoms with E-state index in [1.165, 1.54) is 103 Å². The summed E-state index contributed by atoms with van der Waals surface area (Å²) < 4.78 is 16.9. The predicted molar refractivity (Wildman–Crippen MR) is 316 cm³/mol. The number of hydrogen-bond acceptors (Lipinski definition) is 6. The van der Waals surface area contributed by atoms with Crippen molar-refractivity contribution in [3.8, 4) is 0 Å². The summed E-state index contributed by atoms with van der Waals surface area (Å²) in [4.78, 5) is 38.2. The highest BCUT2D eigenvalue weighted by atomic mass is 16.6. The van der Waals surface area contributed by atoms with Crippen LogP contribution in [0.1, 0.15) is 278 Å². The van der Waals surface area contributed by atoms with Crippen LogP contribution in [0.15, 0.2) is 109 Å². The number of allylic oxidation sites excluding steroid dienone is 18. The molecule has 0 radical (unpaired) electrons. The fraction of sp³-hybridized carbons (Fsp3) is 0.687. The highest BCUT2D eigenvalue weighted by Gasteiger charge is 2.19. The monoisotopic (exact) mass is 1010 g/mol. The molecular weight excluding hydrogens is 901 g/mol. The van der Waals surface area contributed by atoms with Crippen LogP contribution in [0.25, 0.3) is 0 Å². The van der Waals surface area contributed by atoms with Crippen molar-refractivity contribution in [2.24, 2.45) is 0 Å². The van der Waals surface area contributed by atoms with E-state index in [0.717, 1.165) is 135 Å². The molecule has 0 aromatic carbocycles. The second-order valence-electron chi connectivity index (χ2n) is 19.9. The van der Waals surface area contributed by atoms with Crippen LogP contribution in [-0.4, -0.2) is 37.2 Å². The van der Waals surface area contributed by atoms with Crippen LogP contribution in [0.4, 0.5) is 0 Å². The summed E-state index contributed by atoms with van der Waals surface area (Å²) in [5.74, 6) is -0.954. The molecule has 0 aliphatic heterocycles. The van der Waals surface area contributed by atoms with E-state index in [0.29, 0.717) is 19.3 Å². The van der Waals surface area contributed by atoms with Gasteiger partial charge in [0, 0.05) is 19.3 Å². The molecule has 0 fully saturated rings. The molecule has 0 heterocycles. The Bertz CT molecular complexity index is 1490. The van der Waals surface area contributed by atoms with E-state index < -0.39 is 6.10 Å².